The minimum Gasteiger partial charge on any atom is -0.399 e. The minimum atomic E-state index is -0.544. The average molecular weight is 198 g/mol. The van der Waals surface area contributed by atoms with Gasteiger partial charge in [-0.3, -0.25) is 9.63 Å². The Kier molecular flexibility index (Phi) is 3.03. The molecule has 1 rings (SSSR count). The maximum atomic E-state index is 12.9. The number of nitrogen functional groups attached to an aromatic ring is 1. The second-order valence-corrected chi connectivity index (χ2v) is 2.76. The van der Waals surface area contributed by atoms with Gasteiger partial charge >= 0.3 is 0 Å². The van der Waals surface area contributed by atoms with E-state index >= 15 is 0 Å². The van der Waals surface area contributed by atoms with E-state index in [1.54, 1.807) is 0 Å². The molecule has 2 N–H and O–H groups in total. The molecular weight excluding hydrogens is 187 g/mol. The van der Waals surface area contributed by atoms with Crippen molar-refractivity contribution >= 4 is 11.6 Å². The molecule has 0 saturated heterocycles. The van der Waals surface area contributed by atoms with Gasteiger partial charge in [-0.25, -0.2) is 9.45 Å². The predicted octanol–water partition coefficient (Wildman–Crippen LogP) is 1.04. The summed E-state index contributed by atoms with van der Waals surface area (Å²) < 4.78 is 12.9. The van der Waals surface area contributed by atoms with E-state index in [9.17, 15) is 9.18 Å². The van der Waals surface area contributed by atoms with Gasteiger partial charge in [0.15, 0.2) is 0 Å². The Morgan fingerprint density at radius 2 is 2.14 bits per heavy atom. The van der Waals surface area contributed by atoms with Crippen molar-refractivity contribution in [2.45, 2.75) is 0 Å². The van der Waals surface area contributed by atoms with E-state index in [0.29, 0.717) is 0 Å². The van der Waals surface area contributed by atoms with Crippen LogP contribution in [0.1, 0.15) is 10.4 Å². The summed E-state index contributed by atoms with van der Waals surface area (Å²) in [5.74, 6) is -0.989. The zero-order valence-electron chi connectivity index (χ0n) is 7.95. The lowest BCUT2D eigenvalue weighted by atomic mass is 10.2. The summed E-state index contributed by atoms with van der Waals surface area (Å²) in [7, 11) is 2.78. The number of halogens is 1. The summed E-state index contributed by atoms with van der Waals surface area (Å²) >= 11 is 0. The molecule has 0 aliphatic carbocycles. The molecule has 0 aromatic heterocycles. The third-order valence-electron chi connectivity index (χ3n) is 1.73. The number of hydrogen-bond acceptors (Lipinski definition) is 3. The molecule has 0 atom stereocenters. The van der Waals surface area contributed by atoms with Crippen LogP contribution in [0.5, 0.6) is 0 Å². The fraction of sp³-hybridized carbons (Fsp3) is 0.222. The number of hydroxylamine groups is 2. The first-order chi connectivity index (χ1) is 6.54. The van der Waals surface area contributed by atoms with Gasteiger partial charge in [0.05, 0.1) is 7.11 Å². The molecule has 76 valence electrons. The molecule has 14 heavy (non-hydrogen) atoms. The van der Waals surface area contributed by atoms with Gasteiger partial charge in [0.25, 0.3) is 5.91 Å². The first-order valence-electron chi connectivity index (χ1n) is 3.93. The number of amides is 1. The summed E-state index contributed by atoms with van der Waals surface area (Å²) in [5, 5.41) is 0.994. The lowest BCUT2D eigenvalue weighted by Gasteiger charge is -2.13. The maximum absolute atomic E-state index is 12.9. The lowest BCUT2D eigenvalue weighted by Crippen LogP contribution is -2.25. The van der Waals surface area contributed by atoms with E-state index < -0.39 is 11.7 Å². The number of carbonyl (C=O) groups is 1. The van der Waals surface area contributed by atoms with Crippen LogP contribution in [-0.4, -0.2) is 25.1 Å². The Labute approximate surface area is 81.0 Å². The average Bonchev–Trinajstić information content (AvgIpc) is 2.14. The van der Waals surface area contributed by atoms with Crippen LogP contribution in [0.15, 0.2) is 18.2 Å². The van der Waals surface area contributed by atoms with E-state index in [-0.39, 0.29) is 11.3 Å². The zero-order valence-corrected chi connectivity index (χ0v) is 7.95. The Bertz CT molecular complexity index is 334. The SMILES string of the molecule is CON(C)C(=O)c1cc(N)cc(F)c1. The van der Waals surface area contributed by atoms with Crippen molar-refractivity contribution in [1.29, 1.82) is 0 Å². The van der Waals surface area contributed by atoms with E-state index in [1.807, 2.05) is 0 Å². The summed E-state index contributed by atoms with van der Waals surface area (Å²) in [6, 6.07) is 3.64. The van der Waals surface area contributed by atoms with Crippen molar-refractivity contribution in [3.05, 3.63) is 29.6 Å². The van der Waals surface area contributed by atoms with E-state index in [0.717, 1.165) is 17.2 Å². The molecule has 0 bridgehead atoms. The molecule has 0 saturated carbocycles. The number of anilines is 1. The van der Waals surface area contributed by atoms with E-state index in [2.05, 4.69) is 4.84 Å². The molecule has 0 aliphatic rings. The molecule has 5 heteroatoms. The molecule has 0 fully saturated rings. The Balaban J connectivity index is 3.01. The summed E-state index contributed by atoms with van der Waals surface area (Å²) in [6.45, 7) is 0. The molecule has 0 heterocycles. The quantitative estimate of drug-likeness (QED) is 0.570. The first-order valence-corrected chi connectivity index (χ1v) is 3.93. The molecule has 1 amide bonds. The minimum absolute atomic E-state index is 0.159. The molecule has 4 nitrogen and oxygen atoms in total. The monoisotopic (exact) mass is 198 g/mol. The standard InChI is InChI=1S/C9H11FN2O2/c1-12(14-2)9(13)6-3-7(10)5-8(11)4-6/h3-5H,11H2,1-2H3. The number of rotatable bonds is 2. The third kappa shape index (κ3) is 2.20. The van der Waals surface area contributed by atoms with Crippen LogP contribution in [0.2, 0.25) is 0 Å². The highest BCUT2D eigenvalue weighted by Gasteiger charge is 2.12. The fourth-order valence-corrected chi connectivity index (χ4v) is 1.00. The van der Waals surface area contributed by atoms with Crippen molar-refractivity contribution in [2.75, 3.05) is 19.9 Å². The Morgan fingerprint density at radius 1 is 1.50 bits per heavy atom. The normalized spacial score (nSPS) is 9.93. The van der Waals surface area contributed by atoms with Crippen LogP contribution < -0.4 is 5.73 Å². The van der Waals surface area contributed by atoms with E-state index in [4.69, 9.17) is 5.73 Å². The number of hydrogen-bond donors (Lipinski definition) is 1. The van der Waals surface area contributed by atoms with Crippen LogP contribution in [-0.2, 0) is 4.84 Å². The van der Waals surface area contributed by atoms with Crippen LogP contribution in [0.3, 0.4) is 0 Å². The highest BCUT2D eigenvalue weighted by molar-refractivity contribution is 5.94. The van der Waals surface area contributed by atoms with Crippen LogP contribution >= 0.6 is 0 Å². The van der Waals surface area contributed by atoms with Gasteiger partial charge in [0.2, 0.25) is 0 Å². The van der Waals surface area contributed by atoms with Gasteiger partial charge in [-0.05, 0) is 18.2 Å². The van der Waals surface area contributed by atoms with Crippen molar-refractivity contribution < 1.29 is 14.0 Å². The summed E-state index contributed by atoms with van der Waals surface area (Å²) in [6.07, 6.45) is 0. The molecule has 1 aromatic carbocycles. The molecule has 0 unspecified atom stereocenters. The van der Waals surface area contributed by atoms with Crippen molar-refractivity contribution in [2.24, 2.45) is 0 Å². The van der Waals surface area contributed by atoms with Gasteiger partial charge < -0.3 is 5.73 Å². The second-order valence-electron chi connectivity index (χ2n) is 2.76. The first kappa shape index (κ1) is 10.5. The number of benzene rings is 1. The van der Waals surface area contributed by atoms with Crippen molar-refractivity contribution in [3.63, 3.8) is 0 Å². The number of nitrogens with zero attached hydrogens (tertiary/aromatic N) is 1. The largest absolute Gasteiger partial charge is 0.399 e. The highest BCUT2D eigenvalue weighted by Crippen LogP contribution is 2.12. The van der Waals surface area contributed by atoms with Crippen LogP contribution in [0.25, 0.3) is 0 Å². The van der Waals surface area contributed by atoms with Crippen molar-refractivity contribution in [3.8, 4) is 0 Å². The molecular formula is C9H11FN2O2. The van der Waals surface area contributed by atoms with Gasteiger partial charge in [-0.1, -0.05) is 0 Å². The Hall–Kier alpha value is -1.62. The third-order valence-corrected chi connectivity index (χ3v) is 1.73. The van der Waals surface area contributed by atoms with Gasteiger partial charge in [0, 0.05) is 18.3 Å². The van der Waals surface area contributed by atoms with Gasteiger partial charge in [-0.2, -0.15) is 0 Å². The number of carbonyl (C=O) groups excluding carboxylic acids is 1. The smallest absolute Gasteiger partial charge is 0.277 e. The second kappa shape index (κ2) is 4.06. The Morgan fingerprint density at radius 3 is 2.64 bits per heavy atom. The zero-order chi connectivity index (χ0) is 10.7. The predicted molar refractivity (Wildman–Crippen MR) is 49.9 cm³/mol. The molecule has 0 aliphatic heterocycles. The van der Waals surface area contributed by atoms with Crippen LogP contribution in [0, 0.1) is 5.82 Å². The topological polar surface area (TPSA) is 55.6 Å². The molecule has 0 radical (unpaired) electrons. The highest BCUT2D eigenvalue weighted by atomic mass is 19.1. The van der Waals surface area contributed by atoms with Crippen LogP contribution in [0.4, 0.5) is 10.1 Å². The maximum Gasteiger partial charge on any atom is 0.277 e. The fourth-order valence-electron chi connectivity index (χ4n) is 1.00. The molecule has 0 spiro atoms. The molecule has 1 aromatic rings. The van der Waals surface area contributed by atoms with E-state index in [1.165, 1.54) is 20.2 Å². The number of nitrogens with two attached hydrogens (primary N) is 1. The van der Waals surface area contributed by atoms with Crippen molar-refractivity contribution in [1.82, 2.24) is 5.06 Å². The van der Waals surface area contributed by atoms with Gasteiger partial charge in [0.1, 0.15) is 5.82 Å². The summed E-state index contributed by atoms with van der Waals surface area (Å²) in [4.78, 5) is 16.1. The summed E-state index contributed by atoms with van der Waals surface area (Å²) in [5.41, 5.74) is 5.75. The van der Waals surface area contributed by atoms with Gasteiger partial charge in [-0.15, -0.1) is 0 Å². The lowest BCUT2D eigenvalue weighted by molar-refractivity contribution is -0.0757.